The Morgan fingerprint density at radius 3 is 2.50 bits per heavy atom. The average molecular weight is 418 g/mol. The summed E-state index contributed by atoms with van der Waals surface area (Å²) in [4.78, 5) is 11.4. The van der Waals surface area contributed by atoms with Crippen LogP contribution in [0.5, 0.6) is 0 Å². The van der Waals surface area contributed by atoms with E-state index in [0.29, 0.717) is 12.6 Å². The number of nitrogens with one attached hydrogen (secondary N) is 1. The first-order valence-electron chi connectivity index (χ1n) is 10.8. The Bertz CT molecular complexity index is 981. The minimum Gasteiger partial charge on any atom is -0.352 e. The van der Waals surface area contributed by atoms with Crippen molar-refractivity contribution in [1.29, 1.82) is 0 Å². The maximum Gasteiger partial charge on any atom is 0.170 e. The molecule has 0 spiro atoms. The molecule has 2 atom stereocenters. The number of thiocarbonyl (C=S) groups is 1. The molecule has 0 radical (unpaired) electrons. The molecule has 1 saturated carbocycles. The SMILES string of the molecule is S=C1N[C@H](c2ccccn2)[C@@H](c2ccn(C3CCCCC3)c2)N1Cc1ccccn1. The highest BCUT2D eigenvalue weighted by Crippen LogP contribution is 2.40. The first-order chi connectivity index (χ1) is 14.8. The normalized spacial score (nSPS) is 22.3. The van der Waals surface area contributed by atoms with Crippen LogP contribution in [-0.2, 0) is 6.54 Å². The van der Waals surface area contributed by atoms with E-state index in [1.807, 2.05) is 36.7 Å². The summed E-state index contributed by atoms with van der Waals surface area (Å²) < 4.78 is 2.42. The Labute approximate surface area is 183 Å². The fourth-order valence-electron chi connectivity index (χ4n) is 4.82. The van der Waals surface area contributed by atoms with Crippen LogP contribution in [0.3, 0.4) is 0 Å². The molecule has 3 aromatic rings. The van der Waals surface area contributed by atoms with Gasteiger partial charge < -0.3 is 14.8 Å². The molecular formula is C24H27N5S. The molecule has 0 bridgehead atoms. The van der Waals surface area contributed by atoms with Crippen molar-refractivity contribution in [3.63, 3.8) is 0 Å². The lowest BCUT2D eigenvalue weighted by molar-refractivity contribution is 0.306. The van der Waals surface area contributed by atoms with Crippen molar-refractivity contribution in [3.05, 3.63) is 84.2 Å². The standard InChI is InChI=1S/C24H27N5S/c30-24-27-22(21-11-5-7-14-26-21)23(29(24)17-19-8-4-6-13-25-19)18-12-15-28(16-18)20-9-2-1-3-10-20/h4-8,11-16,20,22-23H,1-3,9-10,17H2,(H,27,30)/t22-,23-/m1/s1. The van der Waals surface area contributed by atoms with Crippen LogP contribution in [0.1, 0.15) is 67.2 Å². The van der Waals surface area contributed by atoms with Gasteiger partial charge in [0, 0.05) is 30.8 Å². The quantitative estimate of drug-likeness (QED) is 0.595. The first kappa shape index (κ1) is 19.2. The molecule has 154 valence electrons. The zero-order chi connectivity index (χ0) is 20.3. The minimum atomic E-state index is 0.0182. The zero-order valence-electron chi connectivity index (χ0n) is 17.0. The summed E-state index contributed by atoms with van der Waals surface area (Å²) in [6.07, 6.45) is 14.8. The van der Waals surface area contributed by atoms with Crippen molar-refractivity contribution in [1.82, 2.24) is 24.8 Å². The lowest BCUT2D eigenvalue weighted by Crippen LogP contribution is -2.29. The van der Waals surface area contributed by atoms with Gasteiger partial charge in [-0.15, -0.1) is 0 Å². The van der Waals surface area contributed by atoms with Gasteiger partial charge in [-0.3, -0.25) is 9.97 Å². The van der Waals surface area contributed by atoms with Gasteiger partial charge >= 0.3 is 0 Å². The fraction of sp³-hybridized carbons (Fsp3) is 0.375. The first-order valence-corrected chi connectivity index (χ1v) is 11.3. The van der Waals surface area contributed by atoms with E-state index in [-0.39, 0.29) is 12.1 Å². The smallest absolute Gasteiger partial charge is 0.170 e. The third-order valence-electron chi connectivity index (χ3n) is 6.33. The molecule has 0 aromatic carbocycles. The van der Waals surface area contributed by atoms with Crippen molar-refractivity contribution in [2.75, 3.05) is 0 Å². The van der Waals surface area contributed by atoms with Crippen LogP contribution in [0, 0.1) is 0 Å². The predicted molar refractivity (Wildman–Crippen MR) is 122 cm³/mol. The summed E-state index contributed by atoms with van der Waals surface area (Å²) in [5.74, 6) is 0. The van der Waals surface area contributed by atoms with Crippen LogP contribution in [0.25, 0.3) is 0 Å². The fourth-order valence-corrected chi connectivity index (χ4v) is 5.12. The van der Waals surface area contributed by atoms with E-state index in [1.165, 1.54) is 37.7 Å². The molecule has 1 aliphatic carbocycles. The predicted octanol–water partition coefficient (Wildman–Crippen LogP) is 4.96. The van der Waals surface area contributed by atoms with Gasteiger partial charge in [-0.05, 0) is 61.0 Å². The molecule has 5 rings (SSSR count). The van der Waals surface area contributed by atoms with Gasteiger partial charge in [-0.2, -0.15) is 0 Å². The summed E-state index contributed by atoms with van der Waals surface area (Å²) in [6.45, 7) is 0.676. The molecule has 6 heteroatoms. The third-order valence-corrected chi connectivity index (χ3v) is 6.68. The van der Waals surface area contributed by atoms with Crippen LogP contribution in [-0.4, -0.2) is 24.5 Å². The van der Waals surface area contributed by atoms with Crippen molar-refractivity contribution in [2.45, 2.75) is 56.8 Å². The summed E-state index contributed by atoms with van der Waals surface area (Å²) in [5, 5.41) is 4.29. The molecule has 1 N–H and O–H groups in total. The number of hydrogen-bond acceptors (Lipinski definition) is 3. The van der Waals surface area contributed by atoms with Crippen LogP contribution >= 0.6 is 12.2 Å². The largest absolute Gasteiger partial charge is 0.352 e. The van der Waals surface area contributed by atoms with Crippen LogP contribution < -0.4 is 5.32 Å². The van der Waals surface area contributed by atoms with Gasteiger partial charge in [0.15, 0.2) is 5.11 Å². The number of aromatic nitrogens is 3. The van der Waals surface area contributed by atoms with Crippen LogP contribution in [0.15, 0.2) is 67.3 Å². The molecule has 2 aliphatic rings. The second kappa shape index (κ2) is 8.56. The lowest BCUT2D eigenvalue weighted by atomic mass is 9.95. The van der Waals surface area contributed by atoms with Gasteiger partial charge in [-0.25, -0.2) is 0 Å². The summed E-state index contributed by atoms with van der Waals surface area (Å²) in [5.41, 5.74) is 3.30. The van der Waals surface area contributed by atoms with E-state index in [1.54, 1.807) is 0 Å². The molecule has 0 amide bonds. The topological polar surface area (TPSA) is 46.0 Å². The Morgan fingerprint density at radius 2 is 1.77 bits per heavy atom. The van der Waals surface area contributed by atoms with Crippen LogP contribution in [0.2, 0.25) is 0 Å². The molecule has 30 heavy (non-hydrogen) atoms. The summed E-state index contributed by atoms with van der Waals surface area (Å²) in [7, 11) is 0. The van der Waals surface area contributed by atoms with Gasteiger partial charge in [0.25, 0.3) is 0 Å². The molecule has 1 aliphatic heterocycles. The third kappa shape index (κ3) is 3.84. The number of pyridine rings is 2. The highest BCUT2D eigenvalue weighted by molar-refractivity contribution is 7.80. The van der Waals surface area contributed by atoms with Crippen molar-refractivity contribution >= 4 is 17.3 Å². The van der Waals surface area contributed by atoms with Gasteiger partial charge in [0.1, 0.15) is 0 Å². The molecule has 4 heterocycles. The van der Waals surface area contributed by atoms with E-state index >= 15 is 0 Å². The van der Waals surface area contributed by atoms with E-state index in [2.05, 4.69) is 55.3 Å². The van der Waals surface area contributed by atoms with Gasteiger partial charge in [-0.1, -0.05) is 31.4 Å². The van der Waals surface area contributed by atoms with E-state index < -0.39 is 0 Å². The van der Waals surface area contributed by atoms with Crippen molar-refractivity contribution in [3.8, 4) is 0 Å². The Morgan fingerprint density at radius 1 is 0.967 bits per heavy atom. The second-order valence-electron chi connectivity index (χ2n) is 8.26. The summed E-state index contributed by atoms with van der Waals surface area (Å²) in [6, 6.07) is 15.1. The Hall–Kier alpha value is -2.73. The molecule has 0 unspecified atom stereocenters. The zero-order valence-corrected chi connectivity index (χ0v) is 17.8. The average Bonchev–Trinajstić information content (AvgIpc) is 3.41. The van der Waals surface area contributed by atoms with Crippen molar-refractivity contribution in [2.24, 2.45) is 0 Å². The van der Waals surface area contributed by atoms with Gasteiger partial charge in [0.05, 0.1) is 30.0 Å². The monoisotopic (exact) mass is 417 g/mol. The maximum atomic E-state index is 5.78. The van der Waals surface area contributed by atoms with Crippen molar-refractivity contribution < 1.29 is 0 Å². The maximum absolute atomic E-state index is 5.78. The Balaban J connectivity index is 1.49. The lowest BCUT2D eigenvalue weighted by Gasteiger charge is -2.27. The highest BCUT2D eigenvalue weighted by Gasteiger charge is 2.40. The molecule has 3 aromatic heterocycles. The number of hydrogen-bond donors (Lipinski definition) is 1. The van der Waals surface area contributed by atoms with E-state index in [9.17, 15) is 0 Å². The molecule has 1 saturated heterocycles. The van der Waals surface area contributed by atoms with Crippen LogP contribution in [0.4, 0.5) is 0 Å². The van der Waals surface area contributed by atoms with E-state index in [0.717, 1.165) is 16.5 Å². The summed E-state index contributed by atoms with van der Waals surface area (Å²) >= 11 is 5.78. The van der Waals surface area contributed by atoms with Gasteiger partial charge in [0.2, 0.25) is 0 Å². The van der Waals surface area contributed by atoms with E-state index in [4.69, 9.17) is 12.2 Å². The molecular weight excluding hydrogens is 390 g/mol. The molecule has 5 nitrogen and oxygen atoms in total. The number of nitrogens with zero attached hydrogens (tertiary/aromatic N) is 4. The number of rotatable bonds is 5. The highest BCUT2D eigenvalue weighted by atomic mass is 32.1. The minimum absolute atomic E-state index is 0.0182. The molecule has 2 fully saturated rings. The Kier molecular flexibility index (Phi) is 5.49. The second-order valence-corrected chi connectivity index (χ2v) is 8.65.